The number of urea groups is 1. The molecule has 0 atom stereocenters. The third-order valence-corrected chi connectivity index (χ3v) is 3.48. The molecule has 0 aliphatic carbocycles. The van der Waals surface area contributed by atoms with Crippen LogP contribution in [0, 0.1) is 0 Å². The minimum Gasteiger partial charge on any atom is -0.352 e. The summed E-state index contributed by atoms with van der Waals surface area (Å²) in [6, 6.07) is 1.33. The van der Waals surface area contributed by atoms with Crippen molar-refractivity contribution in [1.29, 1.82) is 0 Å². The first-order chi connectivity index (χ1) is 9.20. The Labute approximate surface area is 113 Å². The quantitative estimate of drug-likeness (QED) is 0.890. The molecular weight excluding hydrogens is 242 g/mol. The summed E-state index contributed by atoms with van der Waals surface area (Å²) in [5, 5.41) is 2.74. The standard InChI is InChI=1S/C14H21N3O2/c1-2-16-10-7-13(18)12(11-16)15-14(19)17-8-5-3-4-6-9-17/h7,10-11H,2-6,8-9H2,1H3,(H,15,19). The van der Waals surface area contributed by atoms with Gasteiger partial charge >= 0.3 is 6.03 Å². The van der Waals surface area contributed by atoms with Gasteiger partial charge in [0.05, 0.1) is 0 Å². The van der Waals surface area contributed by atoms with E-state index in [9.17, 15) is 9.59 Å². The van der Waals surface area contributed by atoms with Gasteiger partial charge in [0.15, 0.2) is 0 Å². The van der Waals surface area contributed by atoms with E-state index in [0.29, 0.717) is 5.69 Å². The zero-order valence-corrected chi connectivity index (χ0v) is 11.4. The van der Waals surface area contributed by atoms with E-state index < -0.39 is 0 Å². The molecule has 0 saturated carbocycles. The van der Waals surface area contributed by atoms with Crippen molar-refractivity contribution in [3.05, 3.63) is 28.7 Å². The van der Waals surface area contributed by atoms with Crippen molar-refractivity contribution < 1.29 is 4.79 Å². The van der Waals surface area contributed by atoms with E-state index in [0.717, 1.165) is 32.5 Å². The highest BCUT2D eigenvalue weighted by Gasteiger charge is 2.16. The van der Waals surface area contributed by atoms with E-state index in [-0.39, 0.29) is 11.5 Å². The molecule has 0 spiro atoms. The Hall–Kier alpha value is -1.78. The molecule has 5 heteroatoms. The number of pyridine rings is 1. The molecule has 0 aromatic carbocycles. The van der Waals surface area contributed by atoms with Gasteiger partial charge in [0, 0.05) is 38.1 Å². The predicted molar refractivity (Wildman–Crippen MR) is 75.4 cm³/mol. The molecular formula is C14H21N3O2. The van der Waals surface area contributed by atoms with E-state index in [4.69, 9.17) is 0 Å². The van der Waals surface area contributed by atoms with Gasteiger partial charge < -0.3 is 14.8 Å². The topological polar surface area (TPSA) is 54.3 Å². The Balaban J connectivity index is 2.07. The molecule has 1 saturated heterocycles. The zero-order valence-electron chi connectivity index (χ0n) is 11.4. The van der Waals surface area contributed by atoms with Gasteiger partial charge in [-0.15, -0.1) is 0 Å². The zero-order chi connectivity index (χ0) is 13.7. The molecule has 1 aromatic rings. The average molecular weight is 263 g/mol. The van der Waals surface area contributed by atoms with Crippen molar-refractivity contribution in [2.75, 3.05) is 18.4 Å². The molecule has 1 fully saturated rings. The Morgan fingerprint density at radius 3 is 2.58 bits per heavy atom. The maximum atomic E-state index is 12.1. The molecule has 1 aromatic heterocycles. The Kier molecular flexibility index (Phi) is 4.60. The highest BCUT2D eigenvalue weighted by Crippen LogP contribution is 2.11. The lowest BCUT2D eigenvalue weighted by atomic mass is 10.2. The molecule has 2 heterocycles. The number of nitrogens with one attached hydrogen (secondary N) is 1. The van der Waals surface area contributed by atoms with Crippen LogP contribution in [-0.4, -0.2) is 28.6 Å². The van der Waals surface area contributed by atoms with Gasteiger partial charge in [-0.05, 0) is 19.8 Å². The third kappa shape index (κ3) is 3.59. The summed E-state index contributed by atoms with van der Waals surface area (Å²) >= 11 is 0. The molecule has 0 bridgehead atoms. The predicted octanol–water partition coefficient (Wildman–Crippen LogP) is 2.28. The number of amides is 2. The largest absolute Gasteiger partial charge is 0.352 e. The minimum absolute atomic E-state index is 0.145. The summed E-state index contributed by atoms with van der Waals surface area (Å²) < 4.78 is 1.87. The first-order valence-electron chi connectivity index (χ1n) is 6.96. The molecule has 104 valence electrons. The van der Waals surface area contributed by atoms with Crippen LogP contribution >= 0.6 is 0 Å². The number of carbonyl (C=O) groups is 1. The van der Waals surface area contributed by atoms with E-state index in [1.165, 1.54) is 18.9 Å². The molecule has 5 nitrogen and oxygen atoms in total. The summed E-state index contributed by atoms with van der Waals surface area (Å²) in [6.07, 6.45) is 7.86. The van der Waals surface area contributed by atoms with Crippen molar-refractivity contribution >= 4 is 11.7 Å². The van der Waals surface area contributed by atoms with Crippen LogP contribution in [0.3, 0.4) is 0 Å². The van der Waals surface area contributed by atoms with Crippen LogP contribution in [0.25, 0.3) is 0 Å². The van der Waals surface area contributed by atoms with Gasteiger partial charge in [0.1, 0.15) is 5.69 Å². The average Bonchev–Trinajstić information content (AvgIpc) is 2.70. The van der Waals surface area contributed by atoms with Crippen LogP contribution in [0.5, 0.6) is 0 Å². The molecule has 2 amide bonds. The number of anilines is 1. The molecule has 2 rings (SSSR count). The fourth-order valence-electron chi connectivity index (χ4n) is 2.28. The Morgan fingerprint density at radius 1 is 1.26 bits per heavy atom. The number of likely N-dealkylation sites (tertiary alicyclic amines) is 1. The lowest BCUT2D eigenvalue weighted by Gasteiger charge is -2.20. The fraction of sp³-hybridized carbons (Fsp3) is 0.571. The molecule has 1 aliphatic rings. The van der Waals surface area contributed by atoms with Crippen molar-refractivity contribution in [3.63, 3.8) is 0 Å². The Bertz CT molecular complexity index is 488. The number of nitrogens with zero attached hydrogens (tertiary/aromatic N) is 2. The van der Waals surface area contributed by atoms with Crippen LogP contribution in [0.2, 0.25) is 0 Å². The summed E-state index contributed by atoms with van der Waals surface area (Å²) in [4.78, 5) is 25.7. The van der Waals surface area contributed by atoms with Gasteiger partial charge in [-0.25, -0.2) is 4.79 Å². The Morgan fingerprint density at radius 2 is 1.95 bits per heavy atom. The summed E-state index contributed by atoms with van der Waals surface area (Å²) in [6.45, 7) is 4.32. The summed E-state index contributed by atoms with van der Waals surface area (Å²) in [5.41, 5.74) is 0.214. The highest BCUT2D eigenvalue weighted by molar-refractivity contribution is 5.89. The van der Waals surface area contributed by atoms with Gasteiger partial charge in [-0.3, -0.25) is 4.79 Å². The second-order valence-electron chi connectivity index (χ2n) is 4.88. The molecule has 0 radical (unpaired) electrons. The van der Waals surface area contributed by atoms with Crippen LogP contribution < -0.4 is 10.7 Å². The van der Waals surface area contributed by atoms with E-state index in [1.807, 2.05) is 11.5 Å². The lowest BCUT2D eigenvalue weighted by molar-refractivity contribution is 0.213. The highest BCUT2D eigenvalue weighted by atomic mass is 16.2. The number of hydrogen-bond acceptors (Lipinski definition) is 2. The number of aryl methyl sites for hydroxylation is 1. The van der Waals surface area contributed by atoms with E-state index >= 15 is 0 Å². The molecule has 1 N–H and O–H groups in total. The maximum Gasteiger partial charge on any atom is 0.321 e. The second kappa shape index (κ2) is 6.41. The van der Waals surface area contributed by atoms with Crippen LogP contribution in [0.4, 0.5) is 10.5 Å². The first-order valence-corrected chi connectivity index (χ1v) is 6.96. The van der Waals surface area contributed by atoms with Gasteiger partial charge in [-0.1, -0.05) is 12.8 Å². The lowest BCUT2D eigenvalue weighted by Crippen LogP contribution is -2.36. The number of hydrogen-bond donors (Lipinski definition) is 1. The van der Waals surface area contributed by atoms with Crippen molar-refractivity contribution in [1.82, 2.24) is 9.47 Å². The van der Waals surface area contributed by atoms with E-state index in [1.54, 1.807) is 17.3 Å². The summed E-state index contributed by atoms with van der Waals surface area (Å²) in [5.74, 6) is 0. The molecule has 0 unspecified atom stereocenters. The third-order valence-electron chi connectivity index (χ3n) is 3.48. The van der Waals surface area contributed by atoms with Gasteiger partial charge in [-0.2, -0.15) is 0 Å². The molecule has 1 aliphatic heterocycles. The van der Waals surface area contributed by atoms with E-state index in [2.05, 4.69) is 5.32 Å². The maximum absolute atomic E-state index is 12.1. The molecule has 19 heavy (non-hydrogen) atoms. The van der Waals surface area contributed by atoms with Crippen molar-refractivity contribution in [3.8, 4) is 0 Å². The second-order valence-corrected chi connectivity index (χ2v) is 4.88. The van der Waals surface area contributed by atoms with Gasteiger partial charge in [0.2, 0.25) is 5.43 Å². The smallest absolute Gasteiger partial charge is 0.321 e. The monoisotopic (exact) mass is 263 g/mol. The van der Waals surface area contributed by atoms with Crippen molar-refractivity contribution in [2.45, 2.75) is 39.2 Å². The first kappa shape index (κ1) is 13.6. The summed E-state index contributed by atoms with van der Waals surface area (Å²) in [7, 11) is 0. The SMILES string of the molecule is CCn1ccc(=O)c(NC(=O)N2CCCCCC2)c1. The fourth-order valence-corrected chi connectivity index (χ4v) is 2.28. The normalized spacial score (nSPS) is 15.9. The van der Waals surface area contributed by atoms with Crippen LogP contribution in [-0.2, 0) is 6.54 Å². The number of aromatic nitrogens is 1. The van der Waals surface area contributed by atoms with Gasteiger partial charge in [0.25, 0.3) is 0 Å². The minimum atomic E-state index is -0.159. The number of rotatable bonds is 2. The number of carbonyl (C=O) groups excluding carboxylic acids is 1. The van der Waals surface area contributed by atoms with Crippen LogP contribution in [0.1, 0.15) is 32.6 Å². The van der Waals surface area contributed by atoms with Crippen LogP contribution in [0.15, 0.2) is 23.3 Å². The van der Waals surface area contributed by atoms with Crippen molar-refractivity contribution in [2.24, 2.45) is 0 Å².